The molecule has 0 spiro atoms. The molecule has 3 atom stereocenters. The Morgan fingerprint density at radius 1 is 1.03 bits per heavy atom. The molecule has 0 saturated carbocycles. The van der Waals surface area contributed by atoms with Crippen molar-refractivity contribution in [3.63, 3.8) is 0 Å². The molecule has 0 heterocycles. The molecule has 0 aliphatic rings. The summed E-state index contributed by atoms with van der Waals surface area (Å²) in [6.07, 6.45) is 2.39. The Labute approximate surface area is 228 Å². The highest BCUT2D eigenvalue weighted by atomic mass is 16.6. The number of esters is 1. The van der Waals surface area contributed by atoms with Crippen LogP contribution in [0.3, 0.4) is 0 Å². The fraction of sp³-hybridized carbons (Fsp3) is 0.655. The zero-order valence-electron chi connectivity index (χ0n) is 24.6. The van der Waals surface area contributed by atoms with Crippen LogP contribution in [0.2, 0.25) is 0 Å². The largest absolute Gasteiger partial charge is 0.468 e. The summed E-state index contributed by atoms with van der Waals surface area (Å²) in [4.78, 5) is 54.1. The van der Waals surface area contributed by atoms with Crippen molar-refractivity contribution in [3.05, 3.63) is 34.9 Å². The number of alkyl carbamates (subject to hydrolysis) is 1. The molecule has 0 aromatic heterocycles. The van der Waals surface area contributed by atoms with Crippen LogP contribution in [0.1, 0.15) is 90.0 Å². The monoisotopic (exact) mass is 533 g/mol. The minimum atomic E-state index is -1.00. The predicted molar refractivity (Wildman–Crippen MR) is 148 cm³/mol. The second kappa shape index (κ2) is 15.3. The molecule has 2 N–H and O–H groups in total. The first-order valence-corrected chi connectivity index (χ1v) is 13.5. The van der Waals surface area contributed by atoms with Gasteiger partial charge in [0.05, 0.1) is 7.11 Å². The van der Waals surface area contributed by atoms with Crippen molar-refractivity contribution in [3.8, 4) is 0 Å². The van der Waals surface area contributed by atoms with E-state index in [-0.39, 0.29) is 18.4 Å². The van der Waals surface area contributed by atoms with Crippen LogP contribution in [0.5, 0.6) is 0 Å². The molecule has 0 bridgehead atoms. The first kappa shape index (κ1) is 32.9. The van der Waals surface area contributed by atoms with Crippen LogP contribution < -0.4 is 10.6 Å². The van der Waals surface area contributed by atoms with Crippen molar-refractivity contribution in [2.45, 2.75) is 98.8 Å². The van der Waals surface area contributed by atoms with Gasteiger partial charge in [-0.15, -0.1) is 0 Å². The quantitative estimate of drug-likeness (QED) is 0.283. The molecular formula is C29H47N3O6. The van der Waals surface area contributed by atoms with Gasteiger partial charge in [-0.25, -0.2) is 4.79 Å². The van der Waals surface area contributed by atoms with Gasteiger partial charge in [-0.2, -0.15) is 0 Å². The van der Waals surface area contributed by atoms with Gasteiger partial charge in [0.15, 0.2) is 0 Å². The summed E-state index contributed by atoms with van der Waals surface area (Å²) in [6, 6.07) is 3.77. The minimum absolute atomic E-state index is 0.222. The number of hydrogen-bond donors (Lipinski definition) is 2. The normalized spacial score (nSPS) is 13.6. The zero-order chi connectivity index (χ0) is 29.0. The van der Waals surface area contributed by atoms with Gasteiger partial charge in [-0.3, -0.25) is 14.4 Å². The van der Waals surface area contributed by atoms with Gasteiger partial charge >= 0.3 is 12.1 Å². The first-order chi connectivity index (χ1) is 17.8. The van der Waals surface area contributed by atoms with Crippen LogP contribution in [-0.4, -0.2) is 60.6 Å². The van der Waals surface area contributed by atoms with Crippen LogP contribution in [0.25, 0.3) is 0 Å². The van der Waals surface area contributed by atoms with Crippen molar-refractivity contribution >= 4 is 23.9 Å². The molecule has 0 aliphatic heterocycles. The standard InChI is InChI=1S/C29H47N3O6/c1-10-12-13-17-32(27(35)24(19(3)11-2)31-28(36)38-29(6,7)8)25(26(34)30-18-22(33)37-9)23-20(4)15-14-16-21(23)5/h14-16,19,24-25H,10-13,17-18H2,1-9H3,(H,30,34)(H,31,36). The molecule has 0 saturated heterocycles. The summed E-state index contributed by atoms with van der Waals surface area (Å²) in [6.45, 7) is 14.9. The number of ether oxygens (including phenoxy) is 2. The van der Waals surface area contributed by atoms with Crippen molar-refractivity contribution in [1.82, 2.24) is 15.5 Å². The molecule has 3 amide bonds. The summed E-state index contributed by atoms with van der Waals surface area (Å²) in [5.41, 5.74) is 1.65. The lowest BCUT2D eigenvalue weighted by atomic mass is 9.91. The van der Waals surface area contributed by atoms with Gasteiger partial charge in [0.1, 0.15) is 24.2 Å². The lowest BCUT2D eigenvalue weighted by Crippen LogP contribution is -2.55. The molecule has 1 aromatic rings. The second-order valence-electron chi connectivity index (χ2n) is 10.8. The van der Waals surface area contributed by atoms with E-state index in [2.05, 4.69) is 17.6 Å². The highest BCUT2D eigenvalue weighted by Crippen LogP contribution is 2.30. The molecule has 0 aliphatic carbocycles. The maximum Gasteiger partial charge on any atom is 0.408 e. The average Bonchev–Trinajstić information content (AvgIpc) is 2.84. The van der Waals surface area contributed by atoms with Crippen molar-refractivity contribution < 1.29 is 28.7 Å². The lowest BCUT2D eigenvalue weighted by molar-refractivity contribution is -0.145. The number of nitrogens with one attached hydrogen (secondary N) is 2. The van der Waals surface area contributed by atoms with Crippen LogP contribution in [0.4, 0.5) is 4.79 Å². The van der Waals surface area contributed by atoms with Gasteiger partial charge < -0.3 is 25.0 Å². The van der Waals surface area contributed by atoms with Crippen molar-refractivity contribution in [2.75, 3.05) is 20.2 Å². The number of aryl methyl sites for hydroxylation is 2. The summed E-state index contributed by atoms with van der Waals surface area (Å²) in [5, 5.41) is 5.42. The number of nitrogens with zero attached hydrogens (tertiary/aromatic N) is 1. The third-order valence-corrected chi connectivity index (χ3v) is 6.45. The molecule has 38 heavy (non-hydrogen) atoms. The van der Waals surface area contributed by atoms with Crippen LogP contribution in [0.15, 0.2) is 18.2 Å². The fourth-order valence-electron chi connectivity index (χ4n) is 4.21. The number of carbonyl (C=O) groups is 4. The smallest absolute Gasteiger partial charge is 0.408 e. The summed E-state index contributed by atoms with van der Waals surface area (Å²) in [7, 11) is 1.25. The molecular weight excluding hydrogens is 486 g/mol. The number of methoxy groups -OCH3 is 1. The number of amides is 3. The average molecular weight is 534 g/mol. The molecule has 0 fully saturated rings. The molecule has 9 heteroatoms. The number of carbonyl (C=O) groups excluding carboxylic acids is 4. The zero-order valence-corrected chi connectivity index (χ0v) is 24.6. The van der Waals surface area contributed by atoms with E-state index in [0.717, 1.165) is 24.0 Å². The van der Waals surface area contributed by atoms with E-state index < -0.39 is 35.7 Å². The second-order valence-corrected chi connectivity index (χ2v) is 10.8. The molecule has 3 unspecified atom stereocenters. The van der Waals surface area contributed by atoms with Gasteiger partial charge in [0, 0.05) is 6.54 Å². The minimum Gasteiger partial charge on any atom is -0.468 e. The Morgan fingerprint density at radius 3 is 2.13 bits per heavy atom. The van der Waals surface area contributed by atoms with Crippen molar-refractivity contribution in [1.29, 1.82) is 0 Å². The van der Waals surface area contributed by atoms with Crippen LogP contribution in [-0.2, 0) is 23.9 Å². The molecule has 9 nitrogen and oxygen atoms in total. The van der Waals surface area contributed by atoms with E-state index in [0.29, 0.717) is 24.9 Å². The third kappa shape index (κ3) is 9.99. The highest BCUT2D eigenvalue weighted by Gasteiger charge is 2.39. The Bertz CT molecular complexity index is 936. The molecule has 1 aromatic carbocycles. The van der Waals surface area contributed by atoms with E-state index in [1.165, 1.54) is 7.11 Å². The van der Waals surface area contributed by atoms with Gasteiger partial charge in [0.25, 0.3) is 0 Å². The molecule has 0 radical (unpaired) electrons. The van der Waals surface area contributed by atoms with Crippen LogP contribution >= 0.6 is 0 Å². The van der Waals surface area contributed by atoms with Gasteiger partial charge in [-0.1, -0.05) is 58.2 Å². The Hall–Kier alpha value is -3.10. The Kier molecular flexibility index (Phi) is 13.3. The first-order valence-electron chi connectivity index (χ1n) is 13.5. The third-order valence-electron chi connectivity index (χ3n) is 6.45. The van der Waals surface area contributed by atoms with Gasteiger partial charge in [0.2, 0.25) is 11.8 Å². The van der Waals surface area contributed by atoms with E-state index in [4.69, 9.17) is 9.47 Å². The van der Waals surface area contributed by atoms with Gasteiger partial charge in [-0.05, 0) is 63.6 Å². The van der Waals surface area contributed by atoms with Crippen LogP contribution in [0, 0.1) is 19.8 Å². The summed E-state index contributed by atoms with van der Waals surface area (Å²) in [5.74, 6) is -1.67. The fourth-order valence-corrected chi connectivity index (χ4v) is 4.21. The maximum absolute atomic E-state index is 14.3. The number of hydrogen-bond acceptors (Lipinski definition) is 6. The highest BCUT2D eigenvalue weighted by molar-refractivity contribution is 5.93. The predicted octanol–water partition coefficient (Wildman–Crippen LogP) is 4.59. The topological polar surface area (TPSA) is 114 Å². The summed E-state index contributed by atoms with van der Waals surface area (Å²) < 4.78 is 10.1. The van der Waals surface area contributed by atoms with Crippen molar-refractivity contribution in [2.24, 2.45) is 5.92 Å². The maximum atomic E-state index is 14.3. The number of rotatable bonds is 13. The van der Waals surface area contributed by atoms with E-state index in [1.54, 1.807) is 25.7 Å². The molecule has 214 valence electrons. The Balaban J connectivity index is 3.61. The number of unbranched alkanes of at least 4 members (excludes halogenated alkanes) is 2. The Morgan fingerprint density at radius 2 is 1.63 bits per heavy atom. The lowest BCUT2D eigenvalue weighted by Gasteiger charge is -2.37. The molecule has 1 rings (SSSR count). The van der Waals surface area contributed by atoms with E-state index in [1.807, 2.05) is 45.9 Å². The SMILES string of the molecule is CCCCCN(C(=O)C(NC(=O)OC(C)(C)C)C(C)CC)C(C(=O)NCC(=O)OC)c1c(C)cccc1C. The summed E-state index contributed by atoms with van der Waals surface area (Å²) >= 11 is 0. The number of benzene rings is 1. The van der Waals surface area contributed by atoms with E-state index in [9.17, 15) is 19.2 Å². The van der Waals surface area contributed by atoms with E-state index >= 15 is 0 Å².